The number of ether oxygens (including phenoxy) is 2. The van der Waals surface area contributed by atoms with Crippen LogP contribution in [0.2, 0.25) is 0 Å². The van der Waals surface area contributed by atoms with E-state index in [0.29, 0.717) is 18.8 Å². The van der Waals surface area contributed by atoms with E-state index >= 15 is 0 Å². The molecular weight excluding hydrogens is 394 g/mol. The molecule has 8 heteroatoms. The van der Waals surface area contributed by atoms with Gasteiger partial charge in [0.2, 0.25) is 6.79 Å². The van der Waals surface area contributed by atoms with Gasteiger partial charge in [-0.2, -0.15) is 0 Å². The maximum Gasteiger partial charge on any atom is 0.276 e. The molecule has 0 spiro atoms. The van der Waals surface area contributed by atoms with Gasteiger partial charge in [-0.15, -0.1) is 5.10 Å². The van der Waals surface area contributed by atoms with Crippen molar-refractivity contribution < 1.29 is 14.3 Å². The van der Waals surface area contributed by atoms with Gasteiger partial charge in [-0.1, -0.05) is 17.3 Å². The van der Waals surface area contributed by atoms with Gasteiger partial charge < -0.3 is 14.4 Å². The fourth-order valence-corrected chi connectivity index (χ4v) is 4.14. The molecule has 2 aliphatic rings. The van der Waals surface area contributed by atoms with E-state index in [1.54, 1.807) is 10.9 Å². The number of hydrogen-bond donors (Lipinski definition) is 0. The van der Waals surface area contributed by atoms with Gasteiger partial charge in [0.1, 0.15) is 0 Å². The summed E-state index contributed by atoms with van der Waals surface area (Å²) in [4.78, 5) is 17.1. The smallest absolute Gasteiger partial charge is 0.276 e. The average molecular weight is 419 g/mol. The molecule has 1 fully saturated rings. The zero-order valence-corrected chi connectivity index (χ0v) is 17.7. The highest BCUT2D eigenvalue weighted by Gasteiger charge is 2.25. The third-order valence-corrected chi connectivity index (χ3v) is 5.69. The number of nitrogens with zero attached hydrogens (tertiary/aromatic N) is 5. The summed E-state index contributed by atoms with van der Waals surface area (Å²) in [5.41, 5.74) is 4.77. The summed E-state index contributed by atoms with van der Waals surface area (Å²) in [7, 11) is 0. The number of amides is 1. The van der Waals surface area contributed by atoms with E-state index in [9.17, 15) is 4.79 Å². The van der Waals surface area contributed by atoms with Crippen LogP contribution in [-0.4, -0.2) is 63.7 Å². The Morgan fingerprint density at radius 2 is 1.71 bits per heavy atom. The minimum Gasteiger partial charge on any atom is -0.454 e. The molecule has 0 bridgehead atoms. The molecule has 0 radical (unpaired) electrons. The second kappa shape index (κ2) is 8.03. The van der Waals surface area contributed by atoms with Crippen molar-refractivity contribution in [3.8, 4) is 17.2 Å². The van der Waals surface area contributed by atoms with Crippen LogP contribution in [0.3, 0.4) is 0 Å². The predicted molar refractivity (Wildman–Crippen MR) is 115 cm³/mol. The van der Waals surface area contributed by atoms with E-state index < -0.39 is 0 Å². The molecular formula is C23H25N5O3. The number of fused-ring (bicyclic) bond motifs is 1. The lowest BCUT2D eigenvalue weighted by Crippen LogP contribution is -2.48. The summed E-state index contributed by atoms with van der Waals surface area (Å²) in [5.74, 6) is 1.53. The van der Waals surface area contributed by atoms with Crippen molar-refractivity contribution in [2.45, 2.75) is 20.4 Å². The first-order chi connectivity index (χ1) is 15.0. The van der Waals surface area contributed by atoms with Gasteiger partial charge >= 0.3 is 0 Å². The number of carbonyl (C=O) groups is 1. The van der Waals surface area contributed by atoms with Crippen LogP contribution >= 0.6 is 0 Å². The topological polar surface area (TPSA) is 72.7 Å². The van der Waals surface area contributed by atoms with E-state index in [-0.39, 0.29) is 12.7 Å². The number of piperazine rings is 1. The highest BCUT2D eigenvalue weighted by molar-refractivity contribution is 5.92. The zero-order chi connectivity index (χ0) is 21.4. The molecule has 2 aliphatic heterocycles. The maximum atomic E-state index is 12.9. The van der Waals surface area contributed by atoms with Gasteiger partial charge in [0.05, 0.1) is 11.9 Å². The van der Waals surface area contributed by atoms with Gasteiger partial charge in [0.15, 0.2) is 17.2 Å². The molecule has 2 aromatic carbocycles. The Bertz CT molecular complexity index is 1100. The molecule has 0 unspecified atom stereocenters. The molecule has 1 aromatic heterocycles. The van der Waals surface area contributed by atoms with Gasteiger partial charge in [-0.05, 0) is 54.8 Å². The summed E-state index contributed by atoms with van der Waals surface area (Å²) in [6, 6.07) is 12.2. The number of aryl methyl sites for hydroxylation is 2. The molecule has 0 atom stereocenters. The van der Waals surface area contributed by atoms with Gasteiger partial charge in [0.25, 0.3) is 5.91 Å². The molecule has 3 aromatic rings. The van der Waals surface area contributed by atoms with Crippen LogP contribution in [0.1, 0.15) is 27.2 Å². The normalized spacial score (nSPS) is 16.0. The lowest BCUT2D eigenvalue weighted by molar-refractivity contribution is 0.0622. The van der Waals surface area contributed by atoms with Crippen LogP contribution in [-0.2, 0) is 6.54 Å². The molecule has 1 amide bonds. The van der Waals surface area contributed by atoms with Crippen LogP contribution in [0.25, 0.3) is 5.69 Å². The molecule has 5 rings (SSSR count). The van der Waals surface area contributed by atoms with Crippen LogP contribution in [0.4, 0.5) is 0 Å². The second-order valence-electron chi connectivity index (χ2n) is 8.15. The van der Waals surface area contributed by atoms with E-state index in [1.165, 1.54) is 5.56 Å². The van der Waals surface area contributed by atoms with E-state index in [1.807, 2.05) is 43.0 Å². The quantitative estimate of drug-likeness (QED) is 0.647. The fourth-order valence-electron chi connectivity index (χ4n) is 4.14. The largest absolute Gasteiger partial charge is 0.454 e. The van der Waals surface area contributed by atoms with Crippen molar-refractivity contribution in [2.24, 2.45) is 0 Å². The van der Waals surface area contributed by atoms with Crippen LogP contribution in [0, 0.1) is 13.8 Å². The molecule has 0 N–H and O–H groups in total. The van der Waals surface area contributed by atoms with Crippen LogP contribution in [0.5, 0.6) is 11.5 Å². The summed E-state index contributed by atoms with van der Waals surface area (Å²) in [6.45, 7) is 8.15. The van der Waals surface area contributed by atoms with Gasteiger partial charge in [0, 0.05) is 32.7 Å². The molecule has 160 valence electrons. The lowest BCUT2D eigenvalue weighted by atomic mass is 10.1. The van der Waals surface area contributed by atoms with Crippen molar-refractivity contribution in [2.75, 3.05) is 33.0 Å². The summed E-state index contributed by atoms with van der Waals surface area (Å²) in [6.07, 6.45) is 1.72. The Hall–Kier alpha value is -3.39. The van der Waals surface area contributed by atoms with Crippen molar-refractivity contribution in [3.05, 3.63) is 65.0 Å². The fraction of sp³-hybridized carbons (Fsp3) is 0.348. The first kappa shape index (κ1) is 19.6. The summed E-state index contributed by atoms with van der Waals surface area (Å²) in [5, 5.41) is 8.30. The third kappa shape index (κ3) is 4.11. The first-order valence-electron chi connectivity index (χ1n) is 10.5. The van der Waals surface area contributed by atoms with Crippen LogP contribution < -0.4 is 9.47 Å². The predicted octanol–water partition coefficient (Wildman–Crippen LogP) is 2.57. The highest BCUT2D eigenvalue weighted by Crippen LogP contribution is 2.32. The first-order valence-corrected chi connectivity index (χ1v) is 10.5. The van der Waals surface area contributed by atoms with Gasteiger partial charge in [-0.3, -0.25) is 9.69 Å². The van der Waals surface area contributed by atoms with Crippen molar-refractivity contribution >= 4 is 5.91 Å². The molecule has 8 nitrogen and oxygen atoms in total. The minimum atomic E-state index is -0.0710. The molecule has 3 heterocycles. The Balaban J connectivity index is 1.20. The summed E-state index contributed by atoms with van der Waals surface area (Å²) >= 11 is 0. The molecule has 1 saturated heterocycles. The standard InChI is InChI=1S/C23H25N5O3/c1-16-9-17(2)11-19(10-16)28-14-20(24-25-28)23(29)27-7-5-26(6-8-27)13-18-3-4-21-22(12-18)31-15-30-21/h3-4,9-12,14H,5-8,13,15H2,1-2H3. The van der Waals surface area contributed by atoms with Gasteiger partial charge in [-0.25, -0.2) is 4.68 Å². The molecule has 31 heavy (non-hydrogen) atoms. The van der Waals surface area contributed by atoms with E-state index in [4.69, 9.17) is 9.47 Å². The Labute approximate surface area is 181 Å². The maximum absolute atomic E-state index is 12.9. The van der Waals surface area contributed by atoms with Crippen molar-refractivity contribution in [1.29, 1.82) is 0 Å². The van der Waals surface area contributed by atoms with Crippen molar-refractivity contribution in [1.82, 2.24) is 24.8 Å². The number of aromatic nitrogens is 3. The van der Waals surface area contributed by atoms with E-state index in [2.05, 4.69) is 27.3 Å². The Morgan fingerprint density at radius 1 is 0.968 bits per heavy atom. The second-order valence-corrected chi connectivity index (χ2v) is 8.15. The SMILES string of the molecule is Cc1cc(C)cc(-n2cc(C(=O)N3CCN(Cc4ccc5c(c4)OCO5)CC3)nn2)c1. The number of rotatable bonds is 4. The molecule has 0 aliphatic carbocycles. The third-order valence-electron chi connectivity index (χ3n) is 5.69. The average Bonchev–Trinajstić information content (AvgIpc) is 3.43. The minimum absolute atomic E-state index is 0.0710. The highest BCUT2D eigenvalue weighted by atomic mass is 16.7. The number of hydrogen-bond acceptors (Lipinski definition) is 6. The number of benzene rings is 2. The van der Waals surface area contributed by atoms with Crippen LogP contribution in [0.15, 0.2) is 42.6 Å². The Kier molecular flexibility index (Phi) is 5.07. The lowest BCUT2D eigenvalue weighted by Gasteiger charge is -2.34. The Morgan fingerprint density at radius 3 is 2.48 bits per heavy atom. The van der Waals surface area contributed by atoms with Crippen molar-refractivity contribution in [3.63, 3.8) is 0 Å². The monoisotopic (exact) mass is 419 g/mol. The van der Waals surface area contributed by atoms with E-state index in [0.717, 1.165) is 47.9 Å². The summed E-state index contributed by atoms with van der Waals surface area (Å²) < 4.78 is 12.5. The molecule has 0 saturated carbocycles. The number of carbonyl (C=O) groups excluding carboxylic acids is 1. The zero-order valence-electron chi connectivity index (χ0n) is 17.7.